The fraction of sp³-hybridized carbons (Fsp3) is 0.500. The monoisotopic (exact) mass is 196 g/mol. The fourth-order valence-electron chi connectivity index (χ4n) is 1.40. The van der Waals surface area contributed by atoms with Crippen molar-refractivity contribution in [2.45, 2.75) is 27.2 Å². The molecule has 0 unspecified atom stereocenters. The summed E-state index contributed by atoms with van der Waals surface area (Å²) in [6, 6.07) is 4.93. The molecular weight excluding hydrogens is 179 g/mol. The molecule has 0 spiro atoms. The highest BCUT2D eigenvalue weighted by molar-refractivity contribution is 5.30. The van der Waals surface area contributed by atoms with E-state index in [0.717, 1.165) is 17.7 Å². The van der Waals surface area contributed by atoms with Crippen LogP contribution in [0.2, 0.25) is 0 Å². The van der Waals surface area contributed by atoms with Crippen LogP contribution in [0.1, 0.15) is 26.3 Å². The van der Waals surface area contributed by atoms with Crippen LogP contribution >= 0.6 is 0 Å². The van der Waals surface area contributed by atoms with Crippen molar-refractivity contribution in [2.75, 3.05) is 6.61 Å². The van der Waals surface area contributed by atoms with Crippen LogP contribution in [0.25, 0.3) is 0 Å². The van der Waals surface area contributed by atoms with Crippen LogP contribution in [0.4, 0.5) is 4.39 Å². The van der Waals surface area contributed by atoms with Gasteiger partial charge in [0, 0.05) is 0 Å². The Hall–Kier alpha value is -1.05. The zero-order chi connectivity index (χ0) is 10.6. The molecule has 0 bridgehead atoms. The van der Waals surface area contributed by atoms with Crippen LogP contribution in [0, 0.1) is 11.7 Å². The Labute approximate surface area is 84.9 Å². The maximum atomic E-state index is 13.3. The van der Waals surface area contributed by atoms with Gasteiger partial charge in [0.2, 0.25) is 0 Å². The highest BCUT2D eigenvalue weighted by Gasteiger charge is 2.06. The van der Waals surface area contributed by atoms with Gasteiger partial charge in [-0.05, 0) is 43.0 Å². The van der Waals surface area contributed by atoms with E-state index in [4.69, 9.17) is 4.74 Å². The predicted octanol–water partition coefficient (Wildman–Crippen LogP) is 3.42. The van der Waals surface area contributed by atoms with Crippen LogP contribution in [-0.2, 0) is 6.42 Å². The molecule has 0 saturated carbocycles. The SMILES string of the molecule is CCOc1ccc(F)c(CC(C)C)c1. The minimum absolute atomic E-state index is 0.137. The second kappa shape index (κ2) is 4.99. The normalized spacial score (nSPS) is 10.6. The van der Waals surface area contributed by atoms with E-state index in [-0.39, 0.29) is 5.82 Å². The van der Waals surface area contributed by atoms with Crippen LogP contribution < -0.4 is 4.74 Å². The van der Waals surface area contributed by atoms with Crippen molar-refractivity contribution in [1.29, 1.82) is 0 Å². The Bertz CT molecular complexity index is 294. The summed E-state index contributed by atoms with van der Waals surface area (Å²) in [7, 11) is 0. The summed E-state index contributed by atoms with van der Waals surface area (Å²) in [4.78, 5) is 0. The molecule has 0 N–H and O–H groups in total. The summed E-state index contributed by atoms with van der Waals surface area (Å²) in [5, 5.41) is 0. The smallest absolute Gasteiger partial charge is 0.126 e. The maximum Gasteiger partial charge on any atom is 0.126 e. The molecule has 0 fully saturated rings. The number of halogens is 1. The Morgan fingerprint density at radius 1 is 1.36 bits per heavy atom. The standard InChI is InChI=1S/C12H17FO/c1-4-14-11-5-6-12(13)10(8-11)7-9(2)3/h5-6,8-9H,4,7H2,1-3H3. The molecule has 0 radical (unpaired) electrons. The summed E-state index contributed by atoms with van der Waals surface area (Å²) in [5.74, 6) is 1.08. The highest BCUT2D eigenvalue weighted by atomic mass is 19.1. The fourth-order valence-corrected chi connectivity index (χ4v) is 1.40. The number of hydrogen-bond donors (Lipinski definition) is 0. The molecule has 1 nitrogen and oxygen atoms in total. The highest BCUT2D eigenvalue weighted by Crippen LogP contribution is 2.19. The number of benzene rings is 1. The van der Waals surface area contributed by atoms with Gasteiger partial charge in [-0.2, -0.15) is 0 Å². The van der Waals surface area contributed by atoms with E-state index in [2.05, 4.69) is 13.8 Å². The van der Waals surface area contributed by atoms with Gasteiger partial charge in [-0.15, -0.1) is 0 Å². The van der Waals surface area contributed by atoms with Crippen LogP contribution in [-0.4, -0.2) is 6.61 Å². The van der Waals surface area contributed by atoms with Crippen molar-refractivity contribution < 1.29 is 9.13 Å². The zero-order valence-electron chi connectivity index (χ0n) is 9.01. The molecule has 0 heterocycles. The summed E-state index contributed by atoms with van der Waals surface area (Å²) in [6.07, 6.45) is 0.757. The summed E-state index contributed by atoms with van der Waals surface area (Å²) in [6.45, 7) is 6.69. The Balaban J connectivity index is 2.84. The van der Waals surface area contributed by atoms with E-state index in [1.807, 2.05) is 6.92 Å². The molecule has 0 saturated heterocycles. The van der Waals surface area contributed by atoms with E-state index >= 15 is 0 Å². The average molecular weight is 196 g/mol. The first-order chi connectivity index (χ1) is 6.63. The molecule has 1 aromatic carbocycles. The second-order valence-electron chi connectivity index (χ2n) is 3.78. The van der Waals surface area contributed by atoms with Gasteiger partial charge in [0.15, 0.2) is 0 Å². The third kappa shape index (κ3) is 3.02. The molecule has 0 atom stereocenters. The largest absolute Gasteiger partial charge is 0.494 e. The molecule has 1 aromatic rings. The topological polar surface area (TPSA) is 9.23 Å². The van der Waals surface area contributed by atoms with Crippen LogP contribution in [0.3, 0.4) is 0 Å². The summed E-state index contributed by atoms with van der Waals surface area (Å²) < 4.78 is 18.6. The molecule has 1 rings (SSSR count). The first-order valence-electron chi connectivity index (χ1n) is 5.04. The molecular formula is C12H17FO. The third-order valence-corrected chi connectivity index (χ3v) is 1.96. The third-order valence-electron chi connectivity index (χ3n) is 1.96. The summed E-state index contributed by atoms with van der Waals surface area (Å²) >= 11 is 0. The van der Waals surface area contributed by atoms with Crippen molar-refractivity contribution >= 4 is 0 Å². The van der Waals surface area contributed by atoms with Crippen molar-refractivity contribution in [3.63, 3.8) is 0 Å². The number of hydrogen-bond acceptors (Lipinski definition) is 1. The Kier molecular flexibility index (Phi) is 3.93. The lowest BCUT2D eigenvalue weighted by atomic mass is 10.0. The molecule has 0 aliphatic carbocycles. The van der Waals surface area contributed by atoms with Gasteiger partial charge in [0.05, 0.1) is 6.61 Å². The average Bonchev–Trinajstić information content (AvgIpc) is 2.10. The lowest BCUT2D eigenvalue weighted by molar-refractivity contribution is 0.339. The van der Waals surface area contributed by atoms with Crippen molar-refractivity contribution in [3.8, 4) is 5.75 Å². The van der Waals surface area contributed by atoms with Gasteiger partial charge in [0.1, 0.15) is 11.6 Å². The second-order valence-corrected chi connectivity index (χ2v) is 3.78. The molecule has 0 amide bonds. The first-order valence-corrected chi connectivity index (χ1v) is 5.04. The van der Waals surface area contributed by atoms with E-state index in [1.165, 1.54) is 6.07 Å². The number of ether oxygens (including phenoxy) is 1. The number of rotatable bonds is 4. The lowest BCUT2D eigenvalue weighted by Gasteiger charge is -2.09. The van der Waals surface area contributed by atoms with Gasteiger partial charge in [-0.1, -0.05) is 13.8 Å². The summed E-state index contributed by atoms with van der Waals surface area (Å²) in [5.41, 5.74) is 0.742. The van der Waals surface area contributed by atoms with Gasteiger partial charge in [-0.25, -0.2) is 4.39 Å². The van der Waals surface area contributed by atoms with Gasteiger partial charge >= 0.3 is 0 Å². The van der Waals surface area contributed by atoms with Crippen molar-refractivity contribution in [3.05, 3.63) is 29.6 Å². The molecule has 78 valence electrons. The van der Waals surface area contributed by atoms with E-state index < -0.39 is 0 Å². The maximum absolute atomic E-state index is 13.3. The molecule has 2 heteroatoms. The predicted molar refractivity (Wildman–Crippen MR) is 56.1 cm³/mol. The zero-order valence-corrected chi connectivity index (χ0v) is 9.01. The Morgan fingerprint density at radius 3 is 2.64 bits per heavy atom. The van der Waals surface area contributed by atoms with Crippen LogP contribution in [0.15, 0.2) is 18.2 Å². The minimum atomic E-state index is -0.137. The van der Waals surface area contributed by atoms with Crippen molar-refractivity contribution in [1.82, 2.24) is 0 Å². The van der Waals surface area contributed by atoms with E-state index in [0.29, 0.717) is 12.5 Å². The van der Waals surface area contributed by atoms with E-state index in [1.54, 1.807) is 12.1 Å². The molecule has 0 aliphatic rings. The minimum Gasteiger partial charge on any atom is -0.494 e. The first kappa shape index (κ1) is 11.0. The van der Waals surface area contributed by atoms with E-state index in [9.17, 15) is 4.39 Å². The quantitative estimate of drug-likeness (QED) is 0.717. The molecule has 0 aliphatic heterocycles. The lowest BCUT2D eigenvalue weighted by Crippen LogP contribution is -1.99. The molecule has 14 heavy (non-hydrogen) atoms. The Morgan fingerprint density at radius 2 is 2.07 bits per heavy atom. The van der Waals surface area contributed by atoms with Crippen LogP contribution in [0.5, 0.6) is 5.75 Å². The van der Waals surface area contributed by atoms with Gasteiger partial charge in [-0.3, -0.25) is 0 Å². The van der Waals surface area contributed by atoms with Gasteiger partial charge < -0.3 is 4.74 Å². The molecule has 0 aromatic heterocycles. The van der Waals surface area contributed by atoms with Gasteiger partial charge in [0.25, 0.3) is 0 Å². The van der Waals surface area contributed by atoms with Crippen molar-refractivity contribution in [2.24, 2.45) is 5.92 Å².